The van der Waals surface area contributed by atoms with Crippen molar-refractivity contribution < 1.29 is 4.79 Å². The lowest BCUT2D eigenvalue weighted by molar-refractivity contribution is -0.122. The van der Waals surface area contributed by atoms with Crippen LogP contribution in [0.1, 0.15) is 19.4 Å². The van der Waals surface area contributed by atoms with E-state index in [0.717, 1.165) is 11.9 Å². The van der Waals surface area contributed by atoms with Gasteiger partial charge < -0.3 is 10.7 Å². The molecule has 1 radical (unpaired) electrons. The SMILES string of the molecule is CC(C)(N[CH]Cc1c[nH]c2ccccc12)C(N)=O. The molecular formula is C14H18N3O. The van der Waals surface area contributed by atoms with Gasteiger partial charge in [0.15, 0.2) is 0 Å². The maximum Gasteiger partial charge on any atom is 0.237 e. The van der Waals surface area contributed by atoms with Gasteiger partial charge in [0.05, 0.1) is 5.54 Å². The minimum Gasteiger partial charge on any atom is -0.368 e. The van der Waals surface area contributed by atoms with E-state index in [1.807, 2.05) is 30.9 Å². The molecule has 1 aromatic carbocycles. The fourth-order valence-electron chi connectivity index (χ4n) is 1.79. The van der Waals surface area contributed by atoms with Gasteiger partial charge in [0, 0.05) is 23.6 Å². The molecule has 0 fully saturated rings. The Labute approximate surface area is 107 Å². The molecule has 0 saturated heterocycles. The van der Waals surface area contributed by atoms with Gasteiger partial charge in [-0.15, -0.1) is 0 Å². The number of aromatic amines is 1. The highest BCUT2D eigenvalue weighted by atomic mass is 16.1. The zero-order valence-corrected chi connectivity index (χ0v) is 10.7. The second kappa shape index (κ2) is 4.82. The summed E-state index contributed by atoms with van der Waals surface area (Å²) in [6, 6.07) is 8.13. The fraction of sp³-hybridized carbons (Fsp3) is 0.286. The van der Waals surface area contributed by atoms with Crippen molar-refractivity contribution in [3.8, 4) is 0 Å². The first kappa shape index (κ1) is 12.6. The lowest BCUT2D eigenvalue weighted by atomic mass is 10.0. The summed E-state index contributed by atoms with van der Waals surface area (Å²) in [6.45, 7) is 5.41. The van der Waals surface area contributed by atoms with Crippen LogP contribution in [-0.4, -0.2) is 16.4 Å². The molecule has 0 saturated carbocycles. The maximum atomic E-state index is 11.2. The number of carbonyl (C=O) groups is 1. The summed E-state index contributed by atoms with van der Waals surface area (Å²) >= 11 is 0. The quantitative estimate of drug-likeness (QED) is 0.749. The smallest absolute Gasteiger partial charge is 0.237 e. The number of fused-ring (bicyclic) bond motifs is 1. The number of amides is 1. The number of primary amides is 1. The Kier molecular flexibility index (Phi) is 3.39. The van der Waals surface area contributed by atoms with Crippen molar-refractivity contribution in [3.05, 3.63) is 42.6 Å². The standard InChI is InChI=1S/C14H18N3O/c1-14(2,13(15)18)17-8-7-10-9-16-12-6-4-3-5-11(10)12/h3-6,8-9,16-17H,7H2,1-2H3,(H2,15,18). The molecule has 95 valence electrons. The summed E-state index contributed by atoms with van der Waals surface area (Å²) in [4.78, 5) is 14.4. The van der Waals surface area contributed by atoms with Crippen LogP contribution in [0, 0.1) is 6.54 Å². The molecule has 0 unspecified atom stereocenters. The number of carbonyl (C=O) groups excluding carboxylic acids is 1. The van der Waals surface area contributed by atoms with Gasteiger partial charge in [-0.2, -0.15) is 0 Å². The van der Waals surface area contributed by atoms with E-state index in [-0.39, 0.29) is 5.91 Å². The molecule has 0 aliphatic heterocycles. The Morgan fingerprint density at radius 1 is 1.44 bits per heavy atom. The normalized spacial score (nSPS) is 11.9. The third-order valence-corrected chi connectivity index (χ3v) is 3.08. The van der Waals surface area contributed by atoms with Crippen molar-refractivity contribution in [2.24, 2.45) is 5.73 Å². The molecule has 0 atom stereocenters. The number of rotatable bonds is 5. The highest BCUT2D eigenvalue weighted by Gasteiger charge is 2.23. The molecule has 0 aliphatic rings. The minimum absolute atomic E-state index is 0.363. The molecule has 1 amide bonds. The van der Waals surface area contributed by atoms with E-state index in [1.165, 1.54) is 10.9 Å². The summed E-state index contributed by atoms with van der Waals surface area (Å²) < 4.78 is 0. The second-order valence-corrected chi connectivity index (χ2v) is 4.90. The van der Waals surface area contributed by atoms with Crippen LogP contribution in [0.2, 0.25) is 0 Å². The first-order chi connectivity index (χ1) is 8.50. The Morgan fingerprint density at radius 2 is 2.17 bits per heavy atom. The molecule has 0 aliphatic carbocycles. The van der Waals surface area contributed by atoms with Crippen LogP contribution in [0.3, 0.4) is 0 Å². The maximum absolute atomic E-state index is 11.2. The van der Waals surface area contributed by atoms with Crippen molar-refractivity contribution in [1.29, 1.82) is 0 Å². The zero-order valence-electron chi connectivity index (χ0n) is 10.7. The van der Waals surface area contributed by atoms with E-state index in [1.54, 1.807) is 13.8 Å². The first-order valence-electron chi connectivity index (χ1n) is 5.95. The van der Waals surface area contributed by atoms with Crippen molar-refractivity contribution in [2.75, 3.05) is 0 Å². The predicted molar refractivity (Wildman–Crippen MR) is 72.7 cm³/mol. The number of hydrogen-bond donors (Lipinski definition) is 3. The van der Waals surface area contributed by atoms with E-state index >= 15 is 0 Å². The summed E-state index contributed by atoms with van der Waals surface area (Å²) in [5, 5.41) is 4.25. The largest absolute Gasteiger partial charge is 0.368 e. The van der Waals surface area contributed by atoms with Gasteiger partial charge in [0.2, 0.25) is 5.91 Å². The topological polar surface area (TPSA) is 70.9 Å². The van der Waals surface area contributed by atoms with Crippen molar-refractivity contribution in [1.82, 2.24) is 10.3 Å². The summed E-state index contributed by atoms with van der Waals surface area (Å²) in [6.07, 6.45) is 2.72. The highest BCUT2D eigenvalue weighted by Crippen LogP contribution is 2.18. The third kappa shape index (κ3) is 2.54. The number of para-hydroxylation sites is 1. The lowest BCUT2D eigenvalue weighted by Gasteiger charge is -2.21. The Balaban J connectivity index is 2.01. The van der Waals surface area contributed by atoms with Gasteiger partial charge in [-0.05, 0) is 31.9 Å². The van der Waals surface area contributed by atoms with Gasteiger partial charge in [0.1, 0.15) is 0 Å². The number of hydrogen-bond acceptors (Lipinski definition) is 2. The van der Waals surface area contributed by atoms with Crippen LogP contribution in [0.25, 0.3) is 10.9 Å². The molecule has 1 heterocycles. The molecule has 4 nitrogen and oxygen atoms in total. The molecule has 4 N–H and O–H groups in total. The van der Waals surface area contributed by atoms with Crippen LogP contribution in [0.15, 0.2) is 30.5 Å². The third-order valence-electron chi connectivity index (χ3n) is 3.08. The molecule has 2 rings (SSSR count). The lowest BCUT2D eigenvalue weighted by Crippen LogP contribution is -2.49. The van der Waals surface area contributed by atoms with Crippen molar-refractivity contribution in [2.45, 2.75) is 25.8 Å². The molecular weight excluding hydrogens is 226 g/mol. The van der Waals surface area contributed by atoms with Gasteiger partial charge >= 0.3 is 0 Å². The molecule has 18 heavy (non-hydrogen) atoms. The van der Waals surface area contributed by atoms with Crippen LogP contribution < -0.4 is 11.1 Å². The van der Waals surface area contributed by atoms with Gasteiger partial charge in [0.25, 0.3) is 0 Å². The highest BCUT2D eigenvalue weighted by molar-refractivity contribution is 5.84. The fourth-order valence-corrected chi connectivity index (χ4v) is 1.79. The number of aromatic nitrogens is 1. The second-order valence-electron chi connectivity index (χ2n) is 4.90. The van der Waals surface area contributed by atoms with E-state index in [4.69, 9.17) is 5.73 Å². The summed E-state index contributed by atoms with van der Waals surface area (Å²) in [7, 11) is 0. The van der Waals surface area contributed by atoms with Crippen molar-refractivity contribution in [3.63, 3.8) is 0 Å². The molecule has 4 heteroatoms. The predicted octanol–water partition coefficient (Wildman–Crippen LogP) is 1.73. The zero-order chi connectivity index (χ0) is 13.2. The minimum atomic E-state index is -0.716. The molecule has 2 aromatic rings. The van der Waals surface area contributed by atoms with Gasteiger partial charge in [-0.1, -0.05) is 18.2 Å². The van der Waals surface area contributed by atoms with Crippen LogP contribution in [0.4, 0.5) is 0 Å². The van der Waals surface area contributed by atoms with E-state index in [2.05, 4.69) is 16.4 Å². The van der Waals surface area contributed by atoms with E-state index in [0.29, 0.717) is 0 Å². The van der Waals surface area contributed by atoms with E-state index in [9.17, 15) is 4.79 Å². The first-order valence-corrected chi connectivity index (χ1v) is 5.95. The summed E-state index contributed by atoms with van der Waals surface area (Å²) in [5.41, 5.74) is 6.89. The van der Waals surface area contributed by atoms with Crippen LogP contribution in [-0.2, 0) is 11.2 Å². The number of nitrogens with two attached hydrogens (primary N) is 1. The van der Waals surface area contributed by atoms with Gasteiger partial charge in [-0.25, -0.2) is 0 Å². The average Bonchev–Trinajstić information content (AvgIpc) is 2.72. The van der Waals surface area contributed by atoms with Crippen molar-refractivity contribution >= 4 is 16.8 Å². The molecule has 0 bridgehead atoms. The number of nitrogens with one attached hydrogen (secondary N) is 2. The molecule has 0 spiro atoms. The molecule has 1 aromatic heterocycles. The van der Waals surface area contributed by atoms with Gasteiger partial charge in [-0.3, -0.25) is 10.1 Å². The summed E-state index contributed by atoms with van der Waals surface area (Å²) in [5.74, 6) is -0.363. The Hall–Kier alpha value is -1.81. The van der Waals surface area contributed by atoms with Crippen LogP contribution >= 0.6 is 0 Å². The van der Waals surface area contributed by atoms with Crippen LogP contribution in [0.5, 0.6) is 0 Å². The Morgan fingerprint density at radius 3 is 2.89 bits per heavy atom. The average molecular weight is 244 g/mol. The number of benzene rings is 1. The number of H-pyrrole nitrogens is 1. The monoisotopic (exact) mass is 244 g/mol. The Bertz CT molecular complexity index is 557. The van der Waals surface area contributed by atoms with E-state index < -0.39 is 5.54 Å².